The predicted molar refractivity (Wildman–Crippen MR) is 79.1 cm³/mol. The van der Waals surface area contributed by atoms with Crippen molar-refractivity contribution in [1.82, 2.24) is 15.1 Å². The summed E-state index contributed by atoms with van der Waals surface area (Å²) < 4.78 is 5.49. The molecule has 1 fully saturated rings. The van der Waals surface area contributed by atoms with Gasteiger partial charge in [0.15, 0.2) is 0 Å². The van der Waals surface area contributed by atoms with Gasteiger partial charge in [0.2, 0.25) is 5.13 Å². The number of hydrogen-bond donors (Lipinski definition) is 1. The maximum Gasteiger partial charge on any atom is 0.324 e. The fourth-order valence-corrected chi connectivity index (χ4v) is 2.94. The molecule has 2 heterocycles. The molecule has 0 unspecified atom stereocenters. The molecule has 2 amide bonds. The highest BCUT2D eigenvalue weighted by Crippen LogP contribution is 2.19. The van der Waals surface area contributed by atoms with Gasteiger partial charge in [0.1, 0.15) is 5.01 Å². The van der Waals surface area contributed by atoms with E-state index in [2.05, 4.69) is 29.4 Å². The Morgan fingerprint density at radius 3 is 3.00 bits per heavy atom. The fourth-order valence-electron chi connectivity index (χ4n) is 2.27. The highest BCUT2D eigenvalue weighted by Gasteiger charge is 2.28. The zero-order chi connectivity index (χ0) is 14.5. The quantitative estimate of drug-likeness (QED) is 0.926. The monoisotopic (exact) mass is 298 g/mol. The van der Waals surface area contributed by atoms with Gasteiger partial charge in [-0.3, -0.25) is 5.32 Å². The molecule has 0 aliphatic carbocycles. The number of urea groups is 1. The SMILES string of the molecule is CCc1nnc(NC(=O)N2CCOC[C@H]2CC(C)C)s1. The molecule has 0 saturated carbocycles. The van der Waals surface area contributed by atoms with E-state index in [1.54, 1.807) is 0 Å². The van der Waals surface area contributed by atoms with E-state index in [0.29, 0.717) is 30.8 Å². The van der Waals surface area contributed by atoms with E-state index in [9.17, 15) is 4.79 Å². The molecule has 1 aliphatic heterocycles. The lowest BCUT2D eigenvalue weighted by Gasteiger charge is -2.36. The number of carbonyl (C=O) groups excluding carboxylic acids is 1. The highest BCUT2D eigenvalue weighted by atomic mass is 32.1. The van der Waals surface area contributed by atoms with Crippen LogP contribution in [0.1, 0.15) is 32.2 Å². The Bertz CT molecular complexity index is 449. The van der Waals surface area contributed by atoms with Crippen LogP contribution in [0.15, 0.2) is 0 Å². The Hall–Kier alpha value is -1.21. The summed E-state index contributed by atoms with van der Waals surface area (Å²) in [6.07, 6.45) is 1.78. The number of nitrogens with zero attached hydrogens (tertiary/aromatic N) is 3. The van der Waals surface area contributed by atoms with Crippen LogP contribution in [0.3, 0.4) is 0 Å². The summed E-state index contributed by atoms with van der Waals surface area (Å²) in [5, 5.41) is 12.3. The van der Waals surface area contributed by atoms with Crippen LogP contribution in [0.4, 0.5) is 9.93 Å². The van der Waals surface area contributed by atoms with Crippen molar-refractivity contribution in [3.63, 3.8) is 0 Å². The molecule has 1 aromatic rings. The molecule has 7 heteroatoms. The first kappa shape index (κ1) is 15.2. The zero-order valence-electron chi connectivity index (χ0n) is 12.3. The summed E-state index contributed by atoms with van der Waals surface area (Å²) in [5.74, 6) is 0.533. The van der Waals surface area contributed by atoms with Gasteiger partial charge in [-0.25, -0.2) is 4.79 Å². The van der Waals surface area contributed by atoms with Gasteiger partial charge in [0, 0.05) is 6.54 Å². The molecule has 0 radical (unpaired) electrons. The van der Waals surface area contributed by atoms with Gasteiger partial charge in [-0.1, -0.05) is 32.1 Å². The Morgan fingerprint density at radius 1 is 1.55 bits per heavy atom. The average Bonchev–Trinajstić information content (AvgIpc) is 2.86. The lowest BCUT2D eigenvalue weighted by molar-refractivity contribution is 0.00857. The van der Waals surface area contributed by atoms with Gasteiger partial charge < -0.3 is 9.64 Å². The van der Waals surface area contributed by atoms with Gasteiger partial charge in [-0.15, -0.1) is 10.2 Å². The molecule has 0 bridgehead atoms. The molecule has 0 aromatic carbocycles. The Balaban J connectivity index is 1.98. The summed E-state index contributed by atoms with van der Waals surface area (Å²) in [7, 11) is 0. The van der Waals surface area contributed by atoms with E-state index < -0.39 is 0 Å². The molecule has 6 nitrogen and oxygen atoms in total. The van der Waals surface area contributed by atoms with Crippen molar-refractivity contribution in [2.45, 2.75) is 39.7 Å². The van der Waals surface area contributed by atoms with Crippen LogP contribution >= 0.6 is 11.3 Å². The molecule has 1 aliphatic rings. The van der Waals surface area contributed by atoms with Crippen molar-refractivity contribution >= 4 is 22.5 Å². The fraction of sp³-hybridized carbons (Fsp3) is 0.769. The van der Waals surface area contributed by atoms with E-state index in [0.717, 1.165) is 17.8 Å². The van der Waals surface area contributed by atoms with Gasteiger partial charge >= 0.3 is 6.03 Å². The minimum atomic E-state index is -0.0993. The lowest BCUT2D eigenvalue weighted by Crippen LogP contribution is -2.50. The third-order valence-electron chi connectivity index (χ3n) is 3.22. The zero-order valence-corrected chi connectivity index (χ0v) is 13.1. The first-order valence-electron chi connectivity index (χ1n) is 7.08. The second kappa shape index (κ2) is 6.99. The van der Waals surface area contributed by atoms with Gasteiger partial charge in [-0.05, 0) is 18.8 Å². The Labute approximate surface area is 123 Å². The van der Waals surface area contributed by atoms with Crippen LogP contribution in [-0.4, -0.2) is 46.9 Å². The molecule has 1 saturated heterocycles. The van der Waals surface area contributed by atoms with Crippen LogP contribution in [0, 0.1) is 5.92 Å². The van der Waals surface area contributed by atoms with Crippen LogP contribution in [-0.2, 0) is 11.2 Å². The van der Waals surface area contributed by atoms with E-state index >= 15 is 0 Å². The van der Waals surface area contributed by atoms with Crippen molar-refractivity contribution in [2.24, 2.45) is 5.92 Å². The summed E-state index contributed by atoms with van der Waals surface area (Å²) in [4.78, 5) is 14.2. The molecule has 2 rings (SSSR count). The standard InChI is InChI=1S/C13H22N4O2S/c1-4-11-15-16-12(20-11)14-13(18)17-5-6-19-8-10(17)7-9(2)3/h9-10H,4-8H2,1-3H3,(H,14,16,18)/t10-/m1/s1. The second-order valence-electron chi connectivity index (χ2n) is 5.34. The molecule has 1 aromatic heterocycles. The van der Waals surface area contributed by atoms with Crippen LogP contribution in [0.2, 0.25) is 0 Å². The number of morpholine rings is 1. The first-order valence-corrected chi connectivity index (χ1v) is 7.89. The van der Waals surface area contributed by atoms with Gasteiger partial charge in [0.25, 0.3) is 0 Å². The van der Waals surface area contributed by atoms with Crippen LogP contribution in [0.5, 0.6) is 0 Å². The normalized spacial score (nSPS) is 19.4. The van der Waals surface area contributed by atoms with E-state index in [1.807, 2.05) is 11.8 Å². The van der Waals surface area contributed by atoms with Crippen molar-refractivity contribution in [1.29, 1.82) is 0 Å². The molecule has 1 atom stereocenters. The number of hydrogen-bond acceptors (Lipinski definition) is 5. The minimum Gasteiger partial charge on any atom is -0.377 e. The summed E-state index contributed by atoms with van der Waals surface area (Å²) in [6, 6.07) is 0.0417. The van der Waals surface area contributed by atoms with Gasteiger partial charge in [-0.2, -0.15) is 0 Å². The van der Waals surface area contributed by atoms with Crippen molar-refractivity contribution < 1.29 is 9.53 Å². The number of nitrogens with one attached hydrogen (secondary N) is 1. The van der Waals surface area contributed by atoms with E-state index in [-0.39, 0.29) is 12.1 Å². The molecular weight excluding hydrogens is 276 g/mol. The molecular formula is C13H22N4O2S. The number of anilines is 1. The third kappa shape index (κ3) is 3.89. The second-order valence-corrected chi connectivity index (χ2v) is 6.40. The molecule has 0 spiro atoms. The van der Waals surface area contributed by atoms with Crippen molar-refractivity contribution in [3.8, 4) is 0 Å². The number of carbonyl (C=O) groups is 1. The molecule has 1 N–H and O–H groups in total. The van der Waals surface area contributed by atoms with E-state index in [4.69, 9.17) is 4.74 Å². The first-order chi connectivity index (χ1) is 9.60. The van der Waals surface area contributed by atoms with Gasteiger partial charge in [0.05, 0.1) is 19.3 Å². The number of amides is 2. The van der Waals surface area contributed by atoms with Crippen LogP contribution < -0.4 is 5.32 Å². The van der Waals surface area contributed by atoms with Crippen molar-refractivity contribution in [3.05, 3.63) is 5.01 Å². The van der Waals surface area contributed by atoms with Crippen molar-refractivity contribution in [2.75, 3.05) is 25.1 Å². The summed E-state index contributed by atoms with van der Waals surface area (Å²) >= 11 is 1.43. The highest BCUT2D eigenvalue weighted by molar-refractivity contribution is 7.15. The largest absolute Gasteiger partial charge is 0.377 e. The molecule has 112 valence electrons. The topological polar surface area (TPSA) is 67.4 Å². The smallest absolute Gasteiger partial charge is 0.324 e. The Kier molecular flexibility index (Phi) is 5.31. The predicted octanol–water partition coefficient (Wildman–Crippen LogP) is 2.38. The van der Waals surface area contributed by atoms with E-state index in [1.165, 1.54) is 11.3 Å². The Morgan fingerprint density at radius 2 is 2.35 bits per heavy atom. The lowest BCUT2D eigenvalue weighted by atomic mass is 10.0. The summed E-state index contributed by atoms with van der Waals surface area (Å²) in [5.41, 5.74) is 0. The molecule has 20 heavy (non-hydrogen) atoms. The number of aromatic nitrogens is 2. The number of aryl methyl sites for hydroxylation is 1. The number of ether oxygens (including phenoxy) is 1. The minimum absolute atomic E-state index is 0.0993. The number of rotatable bonds is 4. The third-order valence-corrected chi connectivity index (χ3v) is 4.20. The van der Waals surface area contributed by atoms with Crippen LogP contribution in [0.25, 0.3) is 0 Å². The average molecular weight is 298 g/mol. The maximum absolute atomic E-state index is 12.4. The maximum atomic E-state index is 12.4. The summed E-state index contributed by atoms with van der Waals surface area (Å²) in [6.45, 7) is 8.17.